The number of anilines is 1. The monoisotopic (exact) mass is 270 g/mol. The normalized spacial score (nSPS) is 11.9. The molecule has 1 heterocycles. The number of carbonyl (C=O) groups excluding carboxylic acids is 2. The van der Waals surface area contributed by atoms with Crippen molar-refractivity contribution in [1.82, 2.24) is 4.98 Å². The molecule has 0 bridgehead atoms. The van der Waals surface area contributed by atoms with Crippen LogP contribution in [0.15, 0.2) is 5.38 Å². The number of thiazole rings is 1. The molecule has 0 aliphatic carbocycles. The fourth-order valence-electron chi connectivity index (χ4n) is 1.30. The minimum atomic E-state index is -0.335. The number of aromatic nitrogens is 1. The lowest BCUT2D eigenvalue weighted by atomic mass is 10.1. The summed E-state index contributed by atoms with van der Waals surface area (Å²) >= 11 is 1.31. The van der Waals surface area contributed by atoms with Crippen molar-refractivity contribution in [3.05, 3.63) is 11.1 Å². The SMILES string of the molecule is CCC(C)CC(=O)Nc1nc(CC(=O)OC)cs1. The van der Waals surface area contributed by atoms with E-state index >= 15 is 0 Å². The van der Waals surface area contributed by atoms with Gasteiger partial charge < -0.3 is 10.1 Å². The highest BCUT2D eigenvalue weighted by Crippen LogP contribution is 2.17. The van der Waals surface area contributed by atoms with Crippen molar-refractivity contribution in [2.75, 3.05) is 12.4 Å². The number of ether oxygens (including phenoxy) is 1. The first-order valence-electron chi connectivity index (χ1n) is 5.86. The van der Waals surface area contributed by atoms with Gasteiger partial charge in [-0.3, -0.25) is 9.59 Å². The van der Waals surface area contributed by atoms with Crippen LogP contribution in [0.25, 0.3) is 0 Å². The van der Waals surface area contributed by atoms with Gasteiger partial charge in [0.15, 0.2) is 5.13 Å². The molecule has 1 rings (SSSR count). The third-order valence-corrected chi connectivity index (χ3v) is 3.39. The second kappa shape index (κ2) is 7.10. The maximum atomic E-state index is 11.6. The smallest absolute Gasteiger partial charge is 0.311 e. The second-order valence-corrected chi connectivity index (χ2v) is 5.02. The first kappa shape index (κ1) is 14.6. The molecule has 1 aromatic heterocycles. The van der Waals surface area contributed by atoms with Gasteiger partial charge in [-0.05, 0) is 5.92 Å². The molecule has 0 fully saturated rings. The van der Waals surface area contributed by atoms with Gasteiger partial charge in [-0.1, -0.05) is 20.3 Å². The predicted octanol–water partition coefficient (Wildman–Crippen LogP) is 2.23. The van der Waals surface area contributed by atoms with Gasteiger partial charge in [-0.2, -0.15) is 0 Å². The van der Waals surface area contributed by atoms with Crippen LogP contribution < -0.4 is 5.32 Å². The van der Waals surface area contributed by atoms with Gasteiger partial charge in [-0.15, -0.1) is 11.3 Å². The number of methoxy groups -OCH3 is 1. The highest BCUT2D eigenvalue weighted by Gasteiger charge is 2.11. The summed E-state index contributed by atoms with van der Waals surface area (Å²) in [5, 5.41) is 5.01. The highest BCUT2D eigenvalue weighted by molar-refractivity contribution is 7.13. The third-order valence-electron chi connectivity index (χ3n) is 2.58. The van der Waals surface area contributed by atoms with Crippen LogP contribution in [0.1, 0.15) is 32.4 Å². The molecule has 6 heteroatoms. The van der Waals surface area contributed by atoms with E-state index in [0.717, 1.165) is 6.42 Å². The Morgan fingerprint density at radius 2 is 2.28 bits per heavy atom. The molecular formula is C12H18N2O3S. The average Bonchev–Trinajstić information content (AvgIpc) is 2.75. The van der Waals surface area contributed by atoms with E-state index in [1.165, 1.54) is 18.4 Å². The number of amides is 1. The third kappa shape index (κ3) is 4.83. The number of nitrogens with one attached hydrogen (secondary N) is 1. The molecular weight excluding hydrogens is 252 g/mol. The summed E-state index contributed by atoms with van der Waals surface area (Å²) in [7, 11) is 1.34. The van der Waals surface area contributed by atoms with E-state index < -0.39 is 0 Å². The zero-order valence-corrected chi connectivity index (χ0v) is 11.7. The molecule has 5 nitrogen and oxygen atoms in total. The van der Waals surface area contributed by atoms with Gasteiger partial charge >= 0.3 is 5.97 Å². The summed E-state index contributed by atoms with van der Waals surface area (Å²) in [6, 6.07) is 0. The number of hydrogen-bond acceptors (Lipinski definition) is 5. The molecule has 0 saturated heterocycles. The molecule has 18 heavy (non-hydrogen) atoms. The van der Waals surface area contributed by atoms with Crippen LogP contribution in [0.4, 0.5) is 5.13 Å². The van der Waals surface area contributed by atoms with Crippen molar-refractivity contribution in [2.24, 2.45) is 5.92 Å². The van der Waals surface area contributed by atoms with Crippen molar-refractivity contribution in [3.8, 4) is 0 Å². The molecule has 1 N–H and O–H groups in total. The van der Waals surface area contributed by atoms with Crippen molar-refractivity contribution < 1.29 is 14.3 Å². The van der Waals surface area contributed by atoms with Crippen LogP contribution in [0.5, 0.6) is 0 Å². The van der Waals surface area contributed by atoms with Crippen molar-refractivity contribution >= 4 is 28.3 Å². The fourth-order valence-corrected chi connectivity index (χ4v) is 2.02. The van der Waals surface area contributed by atoms with Crippen LogP contribution >= 0.6 is 11.3 Å². The molecule has 1 unspecified atom stereocenters. The highest BCUT2D eigenvalue weighted by atomic mass is 32.1. The first-order valence-corrected chi connectivity index (χ1v) is 6.74. The molecule has 0 spiro atoms. The minimum Gasteiger partial charge on any atom is -0.469 e. The summed E-state index contributed by atoms with van der Waals surface area (Å²) in [6.07, 6.45) is 1.59. The summed E-state index contributed by atoms with van der Waals surface area (Å²) < 4.78 is 4.55. The van der Waals surface area contributed by atoms with E-state index in [2.05, 4.69) is 22.0 Å². The first-order chi connectivity index (χ1) is 8.55. The zero-order chi connectivity index (χ0) is 13.5. The van der Waals surface area contributed by atoms with Gasteiger partial charge in [0.25, 0.3) is 0 Å². The molecule has 0 radical (unpaired) electrons. The van der Waals surface area contributed by atoms with E-state index in [9.17, 15) is 9.59 Å². The van der Waals surface area contributed by atoms with Crippen molar-refractivity contribution in [2.45, 2.75) is 33.1 Å². The largest absolute Gasteiger partial charge is 0.469 e. The molecule has 100 valence electrons. The minimum absolute atomic E-state index is 0.0386. The Morgan fingerprint density at radius 1 is 1.56 bits per heavy atom. The average molecular weight is 270 g/mol. The Labute approximate surface area is 111 Å². The molecule has 1 amide bonds. The van der Waals surface area contributed by atoms with Crippen LogP contribution in [-0.4, -0.2) is 24.0 Å². The summed E-state index contributed by atoms with van der Waals surface area (Å²) in [5.41, 5.74) is 0.616. The van der Waals surface area contributed by atoms with Gasteiger partial charge in [0.05, 0.1) is 19.2 Å². The van der Waals surface area contributed by atoms with Crippen molar-refractivity contribution in [1.29, 1.82) is 0 Å². The van der Waals surface area contributed by atoms with Crippen LogP contribution in [-0.2, 0) is 20.7 Å². The lowest BCUT2D eigenvalue weighted by molar-refractivity contribution is -0.139. The topological polar surface area (TPSA) is 68.3 Å². The number of carbonyl (C=O) groups is 2. The van der Waals surface area contributed by atoms with Crippen LogP contribution in [0.3, 0.4) is 0 Å². The molecule has 0 saturated carbocycles. The van der Waals surface area contributed by atoms with E-state index in [-0.39, 0.29) is 18.3 Å². The fraction of sp³-hybridized carbons (Fsp3) is 0.583. The Morgan fingerprint density at radius 3 is 2.89 bits per heavy atom. The van der Waals surface area contributed by atoms with Gasteiger partial charge in [-0.25, -0.2) is 4.98 Å². The van der Waals surface area contributed by atoms with E-state index in [4.69, 9.17) is 0 Å². The van der Waals surface area contributed by atoms with Gasteiger partial charge in [0, 0.05) is 11.8 Å². The van der Waals surface area contributed by atoms with E-state index in [1.54, 1.807) is 5.38 Å². The Kier molecular flexibility index (Phi) is 5.77. The molecule has 0 aliphatic rings. The Hall–Kier alpha value is -1.43. The van der Waals surface area contributed by atoms with Gasteiger partial charge in [0.2, 0.25) is 5.91 Å². The number of rotatable bonds is 6. The quantitative estimate of drug-likeness (QED) is 0.805. The number of hydrogen-bond donors (Lipinski definition) is 1. The lowest BCUT2D eigenvalue weighted by Crippen LogP contribution is -2.14. The molecule has 1 aromatic rings. The molecule has 0 aliphatic heterocycles. The summed E-state index contributed by atoms with van der Waals surface area (Å²) in [5.74, 6) is -0.0133. The Balaban J connectivity index is 2.48. The van der Waals surface area contributed by atoms with Gasteiger partial charge in [0.1, 0.15) is 0 Å². The van der Waals surface area contributed by atoms with E-state index in [0.29, 0.717) is 23.2 Å². The maximum absolute atomic E-state index is 11.6. The number of esters is 1. The molecule has 0 aromatic carbocycles. The van der Waals surface area contributed by atoms with E-state index in [1.807, 2.05) is 6.92 Å². The van der Waals surface area contributed by atoms with Crippen molar-refractivity contribution in [3.63, 3.8) is 0 Å². The zero-order valence-electron chi connectivity index (χ0n) is 10.9. The second-order valence-electron chi connectivity index (χ2n) is 4.16. The summed E-state index contributed by atoms with van der Waals surface area (Å²) in [6.45, 7) is 4.08. The maximum Gasteiger partial charge on any atom is 0.311 e. The standard InChI is InChI=1S/C12H18N2O3S/c1-4-8(2)5-10(15)14-12-13-9(7-18-12)6-11(16)17-3/h7-8H,4-6H2,1-3H3,(H,13,14,15). The molecule has 1 atom stereocenters. The van der Waals surface area contributed by atoms with Crippen LogP contribution in [0, 0.1) is 5.92 Å². The summed E-state index contributed by atoms with van der Waals surface area (Å²) in [4.78, 5) is 26.8. The lowest BCUT2D eigenvalue weighted by Gasteiger charge is -2.06. The number of nitrogens with zero attached hydrogens (tertiary/aromatic N) is 1. The Bertz CT molecular complexity index is 417. The van der Waals surface area contributed by atoms with Crippen LogP contribution in [0.2, 0.25) is 0 Å². The predicted molar refractivity (Wildman–Crippen MR) is 70.5 cm³/mol.